The molecule has 1 rings (SSSR count). The van der Waals surface area contributed by atoms with Gasteiger partial charge in [-0.3, -0.25) is 4.79 Å². The van der Waals surface area contributed by atoms with E-state index >= 15 is 0 Å². The van der Waals surface area contributed by atoms with Gasteiger partial charge in [-0.25, -0.2) is 4.79 Å². The van der Waals surface area contributed by atoms with Crippen molar-refractivity contribution in [3.8, 4) is 5.75 Å². The van der Waals surface area contributed by atoms with Crippen molar-refractivity contribution in [1.29, 1.82) is 0 Å². The lowest BCUT2D eigenvalue weighted by molar-refractivity contribution is -0.119. The molecule has 2 atom stereocenters. The van der Waals surface area contributed by atoms with Crippen LogP contribution in [0.2, 0.25) is 0 Å². The molecule has 0 heterocycles. The second kappa shape index (κ2) is 6.88. The van der Waals surface area contributed by atoms with Crippen LogP contribution in [0.15, 0.2) is 18.2 Å². The van der Waals surface area contributed by atoms with Crippen molar-refractivity contribution in [3.63, 3.8) is 0 Å². The number of phenols is 1. The highest BCUT2D eigenvalue weighted by Crippen LogP contribution is 2.25. The van der Waals surface area contributed by atoms with Gasteiger partial charge in [0, 0.05) is 13.5 Å². The maximum atomic E-state index is 11.3. The van der Waals surface area contributed by atoms with Crippen molar-refractivity contribution < 1.29 is 29.6 Å². The fraction of sp³-hybridized carbons (Fsp3) is 0.385. The van der Waals surface area contributed by atoms with Crippen LogP contribution in [-0.4, -0.2) is 47.0 Å². The molecule has 4 N–H and O–H groups in total. The molecule has 0 radical (unpaired) electrons. The van der Waals surface area contributed by atoms with Crippen molar-refractivity contribution in [2.45, 2.75) is 19.1 Å². The van der Waals surface area contributed by atoms with E-state index in [1.165, 1.54) is 26.2 Å². The maximum absolute atomic E-state index is 11.3. The first-order valence-corrected chi connectivity index (χ1v) is 5.88. The van der Waals surface area contributed by atoms with E-state index in [9.17, 15) is 24.9 Å². The number of hydrogen-bond acceptors (Lipinski definition) is 6. The number of carbonyl (C=O) groups excluding carboxylic acids is 2. The van der Waals surface area contributed by atoms with Crippen LogP contribution in [0, 0.1) is 0 Å². The Morgan fingerprint density at radius 1 is 1.35 bits per heavy atom. The van der Waals surface area contributed by atoms with Gasteiger partial charge in [0.05, 0.1) is 7.11 Å². The summed E-state index contributed by atoms with van der Waals surface area (Å²) >= 11 is 0. The van der Waals surface area contributed by atoms with Gasteiger partial charge in [0.1, 0.15) is 23.5 Å². The van der Waals surface area contributed by atoms with E-state index in [1.54, 1.807) is 0 Å². The van der Waals surface area contributed by atoms with Crippen LogP contribution in [-0.2, 0) is 9.53 Å². The Bertz CT molecular complexity index is 502. The minimum absolute atomic E-state index is 0.0419. The molecule has 110 valence electrons. The summed E-state index contributed by atoms with van der Waals surface area (Å²) < 4.78 is 4.47. The van der Waals surface area contributed by atoms with Gasteiger partial charge in [-0.2, -0.15) is 0 Å². The molecule has 0 saturated carbocycles. The third-order valence-corrected chi connectivity index (χ3v) is 2.69. The molecule has 0 aromatic heterocycles. The minimum atomic E-state index is -1.31. The standard InChI is InChI=1S/C13H17NO6/c1-7(15)14-6-11(17)12(18)8-3-4-9(10(16)5-8)13(19)20-2/h3-5,11-12,16-18H,6H2,1-2H3,(H,14,15). The number of aromatic hydroxyl groups is 1. The molecule has 1 amide bonds. The molecule has 0 aliphatic carbocycles. The Balaban J connectivity index is 2.84. The van der Waals surface area contributed by atoms with Crippen molar-refractivity contribution in [2.75, 3.05) is 13.7 Å². The zero-order valence-electron chi connectivity index (χ0n) is 11.2. The second-order valence-electron chi connectivity index (χ2n) is 4.22. The molecule has 0 aliphatic rings. The highest BCUT2D eigenvalue weighted by molar-refractivity contribution is 5.92. The summed E-state index contributed by atoms with van der Waals surface area (Å²) in [6.45, 7) is 1.16. The fourth-order valence-corrected chi connectivity index (χ4v) is 1.60. The molecule has 0 aliphatic heterocycles. The first kappa shape index (κ1) is 15.9. The van der Waals surface area contributed by atoms with E-state index in [0.29, 0.717) is 0 Å². The number of aliphatic hydroxyl groups is 2. The number of rotatable bonds is 5. The Labute approximate surface area is 115 Å². The number of aliphatic hydroxyl groups excluding tert-OH is 2. The number of nitrogens with one attached hydrogen (secondary N) is 1. The van der Waals surface area contributed by atoms with Gasteiger partial charge in [0.15, 0.2) is 0 Å². The number of ether oxygens (including phenoxy) is 1. The van der Waals surface area contributed by atoms with Gasteiger partial charge in [0.2, 0.25) is 5.91 Å². The van der Waals surface area contributed by atoms with Gasteiger partial charge in [-0.15, -0.1) is 0 Å². The lowest BCUT2D eigenvalue weighted by Crippen LogP contribution is -2.34. The van der Waals surface area contributed by atoms with E-state index in [1.807, 2.05) is 0 Å². The predicted molar refractivity (Wildman–Crippen MR) is 69.1 cm³/mol. The second-order valence-corrected chi connectivity index (χ2v) is 4.22. The topological polar surface area (TPSA) is 116 Å². The molecule has 0 saturated heterocycles. The van der Waals surface area contributed by atoms with Crippen LogP contribution in [0.3, 0.4) is 0 Å². The largest absolute Gasteiger partial charge is 0.507 e. The summed E-state index contributed by atoms with van der Waals surface area (Å²) in [6, 6.07) is 3.83. The summed E-state index contributed by atoms with van der Waals surface area (Å²) in [5, 5.41) is 31.6. The van der Waals surface area contributed by atoms with E-state index in [4.69, 9.17) is 0 Å². The van der Waals surface area contributed by atoms with E-state index < -0.39 is 18.2 Å². The van der Waals surface area contributed by atoms with Gasteiger partial charge in [0.25, 0.3) is 0 Å². The van der Waals surface area contributed by atoms with Crippen LogP contribution in [0.1, 0.15) is 28.9 Å². The van der Waals surface area contributed by atoms with Crippen molar-refractivity contribution in [1.82, 2.24) is 5.32 Å². The number of methoxy groups -OCH3 is 1. The smallest absolute Gasteiger partial charge is 0.341 e. The van der Waals surface area contributed by atoms with Crippen LogP contribution in [0.5, 0.6) is 5.75 Å². The molecular weight excluding hydrogens is 266 g/mol. The van der Waals surface area contributed by atoms with Crippen molar-refractivity contribution >= 4 is 11.9 Å². The highest BCUT2D eigenvalue weighted by atomic mass is 16.5. The number of esters is 1. The molecule has 7 heteroatoms. The maximum Gasteiger partial charge on any atom is 0.341 e. The van der Waals surface area contributed by atoms with Crippen LogP contribution in [0.4, 0.5) is 0 Å². The number of phenolic OH excluding ortho intramolecular Hbond substituents is 1. The molecule has 7 nitrogen and oxygen atoms in total. The van der Waals surface area contributed by atoms with Gasteiger partial charge in [-0.1, -0.05) is 6.07 Å². The molecule has 0 spiro atoms. The minimum Gasteiger partial charge on any atom is -0.507 e. The molecule has 2 unspecified atom stereocenters. The number of benzene rings is 1. The molecule has 20 heavy (non-hydrogen) atoms. The summed E-state index contributed by atoms with van der Waals surface area (Å²) in [7, 11) is 1.18. The van der Waals surface area contributed by atoms with E-state index in [2.05, 4.69) is 10.1 Å². The lowest BCUT2D eigenvalue weighted by atomic mass is 10.0. The van der Waals surface area contributed by atoms with Crippen LogP contribution in [0.25, 0.3) is 0 Å². The van der Waals surface area contributed by atoms with Gasteiger partial charge >= 0.3 is 5.97 Å². The molecule has 0 fully saturated rings. The van der Waals surface area contributed by atoms with Crippen molar-refractivity contribution in [2.24, 2.45) is 0 Å². The monoisotopic (exact) mass is 283 g/mol. The first-order chi connectivity index (χ1) is 9.36. The third kappa shape index (κ3) is 3.94. The van der Waals surface area contributed by atoms with Crippen molar-refractivity contribution in [3.05, 3.63) is 29.3 Å². The lowest BCUT2D eigenvalue weighted by Gasteiger charge is -2.18. The quantitative estimate of drug-likeness (QED) is 0.552. The fourth-order valence-electron chi connectivity index (χ4n) is 1.60. The zero-order chi connectivity index (χ0) is 15.3. The number of amides is 1. The molecule has 1 aromatic rings. The number of hydrogen-bond donors (Lipinski definition) is 4. The average Bonchev–Trinajstić information content (AvgIpc) is 2.42. The van der Waals surface area contributed by atoms with Gasteiger partial charge < -0.3 is 25.4 Å². The Morgan fingerprint density at radius 2 is 2.00 bits per heavy atom. The summed E-state index contributed by atoms with van der Waals surface area (Å²) in [5.74, 6) is -1.40. The zero-order valence-corrected chi connectivity index (χ0v) is 11.2. The first-order valence-electron chi connectivity index (χ1n) is 5.88. The Morgan fingerprint density at radius 3 is 2.50 bits per heavy atom. The average molecular weight is 283 g/mol. The van der Waals surface area contributed by atoms with E-state index in [0.717, 1.165) is 6.07 Å². The summed E-state index contributed by atoms with van der Waals surface area (Å²) in [4.78, 5) is 22.0. The van der Waals surface area contributed by atoms with E-state index in [-0.39, 0.29) is 29.3 Å². The van der Waals surface area contributed by atoms with Gasteiger partial charge in [-0.05, 0) is 17.7 Å². The molecular formula is C13H17NO6. The normalized spacial score (nSPS) is 13.4. The SMILES string of the molecule is COC(=O)c1ccc(C(O)C(O)CNC(C)=O)cc1O. The summed E-state index contributed by atoms with van der Waals surface area (Å²) in [6.07, 6.45) is -2.54. The third-order valence-electron chi connectivity index (χ3n) is 2.69. The number of carbonyl (C=O) groups is 2. The highest BCUT2D eigenvalue weighted by Gasteiger charge is 2.21. The van der Waals surface area contributed by atoms with Crippen LogP contribution < -0.4 is 5.32 Å². The van der Waals surface area contributed by atoms with Crippen LogP contribution >= 0.6 is 0 Å². The predicted octanol–water partition coefficient (Wildman–Crippen LogP) is -0.291. The Kier molecular flexibility index (Phi) is 5.48. The Hall–Kier alpha value is -2.12. The molecule has 1 aromatic carbocycles. The molecule has 0 bridgehead atoms. The summed E-state index contributed by atoms with van der Waals surface area (Å²) in [5.41, 5.74) is 0.174.